The van der Waals surface area contributed by atoms with Crippen molar-refractivity contribution in [3.8, 4) is 28.5 Å². The fourth-order valence-electron chi connectivity index (χ4n) is 6.74. The molecular formula is C38H41FN6O4. The number of carbonyl (C=O) groups is 1. The smallest absolute Gasteiger partial charge is 0.257 e. The summed E-state index contributed by atoms with van der Waals surface area (Å²) in [5, 5.41) is 17.0. The number of carbonyl (C=O) groups excluding carboxylic acids is 1. The maximum Gasteiger partial charge on any atom is 0.257 e. The number of ether oxygens (including phenoxy) is 2. The van der Waals surface area contributed by atoms with Crippen molar-refractivity contribution in [2.24, 2.45) is 0 Å². The van der Waals surface area contributed by atoms with Gasteiger partial charge in [-0.3, -0.25) is 9.69 Å². The molecule has 1 saturated heterocycles. The zero-order chi connectivity index (χ0) is 33.7. The lowest BCUT2D eigenvalue weighted by Crippen LogP contribution is -2.42. The number of rotatable bonds is 10. The van der Waals surface area contributed by atoms with E-state index in [1.807, 2.05) is 36.4 Å². The first-order valence-corrected chi connectivity index (χ1v) is 16.9. The van der Waals surface area contributed by atoms with E-state index in [2.05, 4.69) is 44.1 Å². The zero-order valence-corrected chi connectivity index (χ0v) is 27.6. The van der Waals surface area contributed by atoms with Crippen LogP contribution in [-0.2, 0) is 17.8 Å². The summed E-state index contributed by atoms with van der Waals surface area (Å²) in [6, 6.07) is 20.4. The molecular weight excluding hydrogens is 623 g/mol. The van der Waals surface area contributed by atoms with Gasteiger partial charge in [0, 0.05) is 50.2 Å². The summed E-state index contributed by atoms with van der Waals surface area (Å²) in [5.41, 5.74) is 5.95. The Hall–Kier alpha value is -4.84. The van der Waals surface area contributed by atoms with Crippen molar-refractivity contribution in [3.63, 3.8) is 0 Å². The number of halogens is 1. The molecule has 4 heterocycles. The average Bonchev–Trinajstić information content (AvgIpc) is 3.54. The lowest BCUT2D eigenvalue weighted by Gasteiger charge is -2.29. The highest BCUT2D eigenvalue weighted by molar-refractivity contribution is 5.96. The maximum absolute atomic E-state index is 14.4. The Labute approximate surface area is 284 Å². The molecule has 0 radical (unpaired) electrons. The predicted molar refractivity (Wildman–Crippen MR) is 184 cm³/mol. The number of imidazole rings is 1. The number of benzene rings is 2. The molecule has 1 aliphatic carbocycles. The van der Waals surface area contributed by atoms with Crippen LogP contribution in [0.15, 0.2) is 79.1 Å². The number of morpholine rings is 1. The number of hydrogen-bond acceptors (Lipinski definition) is 8. The highest BCUT2D eigenvalue weighted by Crippen LogP contribution is 2.33. The van der Waals surface area contributed by atoms with Crippen molar-refractivity contribution in [1.82, 2.24) is 29.9 Å². The quantitative estimate of drug-likeness (QED) is 0.167. The number of aromatic nitrogens is 3. The van der Waals surface area contributed by atoms with Crippen molar-refractivity contribution >= 4 is 11.6 Å². The van der Waals surface area contributed by atoms with Crippen molar-refractivity contribution < 1.29 is 23.8 Å². The van der Waals surface area contributed by atoms with Gasteiger partial charge in [-0.2, -0.15) is 0 Å². The second-order valence-electron chi connectivity index (χ2n) is 12.9. The highest BCUT2D eigenvalue weighted by Gasteiger charge is 2.25. The lowest BCUT2D eigenvalue weighted by molar-refractivity contribution is 0.0342. The van der Waals surface area contributed by atoms with E-state index in [0.717, 1.165) is 78.7 Å². The van der Waals surface area contributed by atoms with Crippen LogP contribution >= 0.6 is 0 Å². The van der Waals surface area contributed by atoms with Gasteiger partial charge in [-0.05, 0) is 91.8 Å². The monoisotopic (exact) mass is 664 g/mol. The molecule has 0 spiro atoms. The van der Waals surface area contributed by atoms with E-state index in [1.165, 1.54) is 6.07 Å². The third-order valence-corrected chi connectivity index (χ3v) is 9.39. The fraction of sp³-hybridized carbons (Fsp3) is 0.342. The Morgan fingerprint density at radius 3 is 2.63 bits per heavy atom. The molecule has 1 aliphatic heterocycles. The van der Waals surface area contributed by atoms with E-state index < -0.39 is 11.7 Å². The molecule has 0 unspecified atom stereocenters. The number of fused-ring (bicyclic) bond motifs is 1. The Morgan fingerprint density at radius 1 is 1.02 bits per heavy atom. The minimum Gasteiger partial charge on any atom is -0.508 e. The molecule has 0 bridgehead atoms. The average molecular weight is 665 g/mol. The molecule has 7 rings (SSSR count). The molecule has 2 fully saturated rings. The van der Waals surface area contributed by atoms with Gasteiger partial charge in [0.25, 0.3) is 5.91 Å². The van der Waals surface area contributed by atoms with Gasteiger partial charge in [-0.25, -0.2) is 14.4 Å². The SMILES string of the molecule is Cc1cccc2nc(CN[C@H]3CC[C@@H](NC(=O)c4cc(F)cnc4Oc4cccc(-c5ccc(O)cc5CN5CCOCC5)c4)CC3)cn12. The molecule has 254 valence electrons. The Morgan fingerprint density at radius 2 is 1.82 bits per heavy atom. The van der Waals surface area contributed by atoms with E-state index in [1.54, 1.807) is 18.2 Å². The van der Waals surface area contributed by atoms with E-state index in [4.69, 9.17) is 14.5 Å². The minimum absolute atomic E-state index is 0.0355. The first kappa shape index (κ1) is 32.7. The summed E-state index contributed by atoms with van der Waals surface area (Å²) in [6.45, 7) is 6.42. The topological polar surface area (TPSA) is 113 Å². The van der Waals surface area contributed by atoms with Crippen molar-refractivity contribution in [1.29, 1.82) is 0 Å². The van der Waals surface area contributed by atoms with Gasteiger partial charge in [0.05, 0.1) is 25.1 Å². The molecule has 1 amide bonds. The van der Waals surface area contributed by atoms with Crippen LogP contribution in [0.4, 0.5) is 4.39 Å². The van der Waals surface area contributed by atoms with Crippen LogP contribution in [0, 0.1) is 12.7 Å². The number of aryl methyl sites for hydroxylation is 1. The lowest BCUT2D eigenvalue weighted by atomic mass is 9.91. The van der Waals surface area contributed by atoms with Gasteiger partial charge in [-0.15, -0.1) is 0 Å². The number of pyridine rings is 2. The van der Waals surface area contributed by atoms with Gasteiger partial charge in [0.2, 0.25) is 5.88 Å². The molecule has 49 heavy (non-hydrogen) atoms. The number of aromatic hydroxyl groups is 1. The maximum atomic E-state index is 14.4. The van der Waals surface area contributed by atoms with E-state index in [9.17, 15) is 14.3 Å². The van der Waals surface area contributed by atoms with E-state index in [-0.39, 0.29) is 23.2 Å². The van der Waals surface area contributed by atoms with Gasteiger partial charge in [0.1, 0.15) is 28.5 Å². The summed E-state index contributed by atoms with van der Waals surface area (Å²) >= 11 is 0. The summed E-state index contributed by atoms with van der Waals surface area (Å²) in [5.74, 6) is -0.329. The van der Waals surface area contributed by atoms with E-state index >= 15 is 0 Å². The summed E-state index contributed by atoms with van der Waals surface area (Å²) < 4.78 is 28.1. The fourth-order valence-corrected chi connectivity index (χ4v) is 6.74. The summed E-state index contributed by atoms with van der Waals surface area (Å²) in [6.07, 6.45) is 6.53. The second-order valence-corrected chi connectivity index (χ2v) is 12.9. The van der Waals surface area contributed by atoms with Crippen LogP contribution in [-0.4, -0.2) is 68.7 Å². The Balaban J connectivity index is 0.984. The van der Waals surface area contributed by atoms with E-state index in [0.29, 0.717) is 38.1 Å². The third-order valence-electron chi connectivity index (χ3n) is 9.39. The molecule has 5 aromatic rings. The Bertz CT molecular complexity index is 1930. The van der Waals surface area contributed by atoms with Gasteiger partial charge in [0.15, 0.2) is 0 Å². The number of phenols is 1. The van der Waals surface area contributed by atoms with Crippen LogP contribution in [0.5, 0.6) is 17.4 Å². The van der Waals surface area contributed by atoms with Gasteiger partial charge >= 0.3 is 0 Å². The molecule has 2 aliphatic rings. The number of hydrogen-bond donors (Lipinski definition) is 3. The summed E-state index contributed by atoms with van der Waals surface area (Å²) in [7, 11) is 0. The Kier molecular flexibility index (Phi) is 9.83. The first-order chi connectivity index (χ1) is 23.9. The second kappa shape index (κ2) is 14.7. The molecule has 1 saturated carbocycles. The van der Waals surface area contributed by atoms with Crippen LogP contribution in [0.1, 0.15) is 53.0 Å². The van der Waals surface area contributed by atoms with Crippen LogP contribution in [0.2, 0.25) is 0 Å². The largest absolute Gasteiger partial charge is 0.508 e. The van der Waals surface area contributed by atoms with Crippen molar-refractivity contribution in [2.75, 3.05) is 26.3 Å². The number of amides is 1. The number of nitrogens with one attached hydrogen (secondary N) is 2. The predicted octanol–water partition coefficient (Wildman–Crippen LogP) is 6.00. The van der Waals surface area contributed by atoms with Crippen LogP contribution in [0.3, 0.4) is 0 Å². The highest BCUT2D eigenvalue weighted by atomic mass is 19.1. The normalized spacial score (nSPS) is 18.4. The minimum atomic E-state index is -0.613. The first-order valence-electron chi connectivity index (χ1n) is 16.9. The standard InChI is InChI=1S/C38H41FN6O4/c1-25-4-2-7-36-42-31(24-45(25)36)22-40-29-8-10-30(11-9-29)43-37(47)35-20-28(39)21-41-38(35)49-33-6-3-5-26(19-33)34-13-12-32(46)18-27(34)23-44-14-16-48-17-15-44/h2-7,12-13,18-21,24,29-30,40,46H,8-11,14-17,22-23H2,1H3,(H,43,47)/t29-,30+. The number of phenolic OH excluding ortho intramolecular Hbond substituents is 1. The van der Waals surface area contributed by atoms with Gasteiger partial charge in [-0.1, -0.05) is 24.3 Å². The van der Waals surface area contributed by atoms with Crippen LogP contribution in [0.25, 0.3) is 16.8 Å². The van der Waals surface area contributed by atoms with Crippen LogP contribution < -0.4 is 15.4 Å². The molecule has 11 heteroatoms. The van der Waals surface area contributed by atoms with Crippen molar-refractivity contribution in [3.05, 3.63) is 107 Å². The zero-order valence-electron chi connectivity index (χ0n) is 27.6. The van der Waals surface area contributed by atoms with Gasteiger partial charge < -0.3 is 29.6 Å². The molecule has 3 N–H and O–H groups in total. The summed E-state index contributed by atoms with van der Waals surface area (Å²) in [4.78, 5) is 24.6. The third kappa shape index (κ3) is 7.91. The van der Waals surface area contributed by atoms with Crippen molar-refractivity contribution in [2.45, 2.75) is 57.8 Å². The molecule has 2 aromatic carbocycles. The number of nitrogens with zero attached hydrogens (tertiary/aromatic N) is 4. The molecule has 3 aromatic heterocycles. The molecule has 0 atom stereocenters. The molecule has 10 nitrogen and oxygen atoms in total.